The van der Waals surface area contributed by atoms with Gasteiger partial charge < -0.3 is 53.6 Å². The second-order valence-corrected chi connectivity index (χ2v) is 10.7. The average Bonchev–Trinajstić information content (AvgIpc) is 3.27. The van der Waals surface area contributed by atoms with E-state index in [1.54, 1.807) is 0 Å². The van der Waals surface area contributed by atoms with Gasteiger partial charge in [-0.2, -0.15) is 0 Å². The lowest BCUT2D eigenvalue weighted by Gasteiger charge is -2.43. The molecule has 0 aromatic carbocycles. The van der Waals surface area contributed by atoms with E-state index in [0.717, 1.165) is 6.26 Å². The number of aliphatic hydroxyl groups excluding tert-OH is 4. The molecule has 0 radical (unpaired) electrons. The second kappa shape index (κ2) is 13.0. The van der Waals surface area contributed by atoms with Crippen molar-refractivity contribution < 1.29 is 68.0 Å². The van der Waals surface area contributed by atoms with Crippen LogP contribution in [0, 0.1) is 35.5 Å². The van der Waals surface area contributed by atoms with Gasteiger partial charge in [-0.15, -0.1) is 6.58 Å². The molecule has 3 heterocycles. The molecule has 3 aliphatic heterocycles. The van der Waals surface area contributed by atoms with Crippen LogP contribution in [0.5, 0.6) is 0 Å². The number of aliphatic hydroxyl groups is 4. The van der Waals surface area contributed by atoms with E-state index in [2.05, 4.69) is 6.58 Å². The van der Waals surface area contributed by atoms with Crippen LogP contribution in [0.3, 0.4) is 0 Å². The smallest absolute Gasteiger partial charge is 0.337 e. The van der Waals surface area contributed by atoms with Crippen LogP contribution in [0.15, 0.2) is 24.5 Å². The normalized spacial score (nSPS) is 42.1. The zero-order valence-corrected chi connectivity index (χ0v) is 22.6. The summed E-state index contributed by atoms with van der Waals surface area (Å²) in [5, 5.41) is 39.9. The number of hydrogen-bond acceptors (Lipinski definition) is 14. The van der Waals surface area contributed by atoms with Crippen molar-refractivity contribution in [1.29, 1.82) is 0 Å². The van der Waals surface area contributed by atoms with Crippen molar-refractivity contribution in [3.63, 3.8) is 0 Å². The van der Waals surface area contributed by atoms with Gasteiger partial charge in [-0.1, -0.05) is 13.0 Å². The first kappa shape index (κ1) is 31.1. The van der Waals surface area contributed by atoms with Gasteiger partial charge in [0.15, 0.2) is 12.2 Å². The van der Waals surface area contributed by atoms with E-state index in [9.17, 15) is 39.6 Å². The van der Waals surface area contributed by atoms with Gasteiger partial charge in [0.2, 0.25) is 6.29 Å². The van der Waals surface area contributed by atoms with E-state index >= 15 is 0 Å². The van der Waals surface area contributed by atoms with Gasteiger partial charge in [0.25, 0.3) is 0 Å². The molecule has 4 aliphatic rings. The molecule has 0 aromatic rings. The van der Waals surface area contributed by atoms with Gasteiger partial charge in [0.05, 0.1) is 32.2 Å². The minimum absolute atomic E-state index is 0.0227. The van der Waals surface area contributed by atoms with Crippen LogP contribution in [0.4, 0.5) is 0 Å². The van der Waals surface area contributed by atoms with Crippen LogP contribution in [0.1, 0.15) is 19.8 Å². The van der Waals surface area contributed by atoms with Gasteiger partial charge in [-0.05, 0) is 18.3 Å². The Hall–Kier alpha value is -2.88. The SMILES string of the molecule is C=C[C@H]1[C@H](O[C@H]2O[C@@H](CO)[C@@H](O)[C@H](O)[C@@H]2O)OC=C(C(=O)O[C@H]2C[C@@H]3[C@@H](C(=O)OC)C(=O)OC[C@@H]3[C@H]2C)[C@H]1CC=O. The van der Waals surface area contributed by atoms with Crippen LogP contribution in [-0.4, -0.2) is 108 Å². The first-order valence-corrected chi connectivity index (χ1v) is 13.4. The number of ether oxygens (including phenoxy) is 6. The first-order chi connectivity index (χ1) is 19.6. The lowest BCUT2D eigenvalue weighted by atomic mass is 9.80. The topological polar surface area (TPSA) is 205 Å². The van der Waals surface area contributed by atoms with Crippen molar-refractivity contribution in [1.82, 2.24) is 0 Å². The summed E-state index contributed by atoms with van der Waals surface area (Å²) < 4.78 is 32.6. The quantitative estimate of drug-likeness (QED) is 0.0808. The molecular formula is C27H36O14. The molecule has 14 heteroatoms. The molecule has 14 nitrogen and oxygen atoms in total. The zero-order chi connectivity index (χ0) is 30.0. The lowest BCUT2D eigenvalue weighted by Crippen LogP contribution is -2.60. The number of carbonyl (C=O) groups excluding carboxylic acids is 4. The maximum atomic E-state index is 13.4. The molecule has 41 heavy (non-hydrogen) atoms. The number of carbonyl (C=O) groups is 4. The summed E-state index contributed by atoms with van der Waals surface area (Å²) in [5.41, 5.74) is 0.0227. The largest absolute Gasteiger partial charge is 0.471 e. The van der Waals surface area contributed by atoms with Gasteiger partial charge in [-0.3, -0.25) is 9.59 Å². The number of fused-ring (bicyclic) bond motifs is 1. The number of methoxy groups -OCH3 is 1. The molecular weight excluding hydrogens is 548 g/mol. The molecule has 4 rings (SSSR count). The van der Waals surface area contributed by atoms with Crippen LogP contribution in [0.25, 0.3) is 0 Å². The average molecular weight is 585 g/mol. The Balaban J connectivity index is 1.49. The fourth-order valence-corrected chi connectivity index (χ4v) is 6.20. The van der Waals surface area contributed by atoms with Gasteiger partial charge in [0.1, 0.15) is 36.8 Å². The van der Waals surface area contributed by atoms with Crippen molar-refractivity contribution in [3.05, 3.63) is 24.5 Å². The van der Waals surface area contributed by atoms with E-state index in [1.165, 1.54) is 13.2 Å². The van der Waals surface area contributed by atoms with Crippen LogP contribution in [-0.2, 0) is 47.6 Å². The Morgan fingerprint density at radius 2 is 1.88 bits per heavy atom. The summed E-state index contributed by atoms with van der Waals surface area (Å²) in [6.45, 7) is 5.02. The van der Waals surface area contributed by atoms with E-state index in [1.807, 2.05) is 6.92 Å². The highest BCUT2D eigenvalue weighted by Gasteiger charge is 2.55. The van der Waals surface area contributed by atoms with Crippen molar-refractivity contribution in [2.75, 3.05) is 20.3 Å². The summed E-state index contributed by atoms with van der Waals surface area (Å²) in [4.78, 5) is 49.6. The highest BCUT2D eigenvalue weighted by Crippen LogP contribution is 2.47. The van der Waals surface area contributed by atoms with Crippen LogP contribution < -0.4 is 0 Å². The van der Waals surface area contributed by atoms with Crippen molar-refractivity contribution >= 4 is 24.2 Å². The Bertz CT molecular complexity index is 1030. The Labute approximate surface area is 235 Å². The predicted octanol–water partition coefficient (Wildman–Crippen LogP) is -1.42. The molecule has 228 valence electrons. The summed E-state index contributed by atoms with van der Waals surface area (Å²) in [6, 6.07) is 0. The number of esters is 3. The highest BCUT2D eigenvalue weighted by molar-refractivity contribution is 5.96. The molecule has 2 saturated heterocycles. The molecule has 0 bridgehead atoms. The molecule has 13 atom stereocenters. The van der Waals surface area contributed by atoms with Crippen LogP contribution in [0.2, 0.25) is 0 Å². The Morgan fingerprint density at radius 1 is 1.15 bits per heavy atom. The maximum absolute atomic E-state index is 13.4. The summed E-state index contributed by atoms with van der Waals surface area (Å²) in [7, 11) is 1.18. The maximum Gasteiger partial charge on any atom is 0.337 e. The van der Waals surface area contributed by atoms with Crippen molar-refractivity contribution in [2.24, 2.45) is 35.5 Å². The van der Waals surface area contributed by atoms with Gasteiger partial charge in [0, 0.05) is 24.2 Å². The predicted molar refractivity (Wildman–Crippen MR) is 133 cm³/mol. The van der Waals surface area contributed by atoms with E-state index in [0.29, 0.717) is 6.29 Å². The monoisotopic (exact) mass is 584 g/mol. The third-order valence-corrected chi connectivity index (χ3v) is 8.61. The standard InChI is InChI=1S/C27H36O14/c1-4-12-13(5-6-28)16(10-38-26(12)41-27-22(32)21(31)20(30)18(8-29)40-27)23(33)39-17-7-14-15(11(17)2)9-37-25(35)19(14)24(34)36-3/h4,6,10-15,17-22,26-27,29-32H,1,5,7-9H2,2-3H3/t11-,12-,13+,14+,15-,17+,18+,19+,20-,21+,22+,26+,27-/m1/s1. The fourth-order valence-electron chi connectivity index (χ4n) is 6.20. The van der Waals surface area contributed by atoms with E-state index in [-0.39, 0.29) is 36.9 Å². The molecule has 0 unspecified atom stereocenters. The molecule has 1 saturated carbocycles. The molecule has 0 aromatic heterocycles. The Morgan fingerprint density at radius 3 is 2.51 bits per heavy atom. The fraction of sp³-hybridized carbons (Fsp3) is 0.704. The summed E-state index contributed by atoms with van der Waals surface area (Å²) >= 11 is 0. The highest BCUT2D eigenvalue weighted by atomic mass is 16.8. The van der Waals surface area contributed by atoms with Gasteiger partial charge >= 0.3 is 17.9 Å². The molecule has 0 spiro atoms. The minimum Gasteiger partial charge on any atom is -0.471 e. The number of cyclic esters (lactones) is 1. The van der Waals surface area contributed by atoms with Crippen molar-refractivity contribution in [3.8, 4) is 0 Å². The third-order valence-electron chi connectivity index (χ3n) is 8.61. The summed E-state index contributed by atoms with van der Waals surface area (Å²) in [6.07, 6.45) is -6.42. The number of rotatable bonds is 9. The molecule has 3 fully saturated rings. The molecule has 0 amide bonds. The second-order valence-electron chi connectivity index (χ2n) is 10.7. The van der Waals surface area contributed by atoms with Crippen LogP contribution >= 0.6 is 0 Å². The van der Waals surface area contributed by atoms with Crippen molar-refractivity contribution in [2.45, 2.75) is 62.9 Å². The van der Waals surface area contributed by atoms with E-state index in [4.69, 9.17) is 28.4 Å². The molecule has 4 N–H and O–H groups in total. The zero-order valence-electron chi connectivity index (χ0n) is 22.6. The minimum atomic E-state index is -1.70. The first-order valence-electron chi connectivity index (χ1n) is 13.4. The summed E-state index contributed by atoms with van der Waals surface area (Å²) in [5.74, 6) is -5.82. The number of aldehydes is 1. The van der Waals surface area contributed by atoms with E-state index < -0.39 is 91.3 Å². The lowest BCUT2D eigenvalue weighted by molar-refractivity contribution is -0.339. The Kier molecular flexibility index (Phi) is 9.82. The third kappa shape index (κ3) is 5.90. The van der Waals surface area contributed by atoms with Gasteiger partial charge in [-0.25, -0.2) is 4.79 Å². The molecule has 1 aliphatic carbocycles. The number of hydrogen-bond donors (Lipinski definition) is 4.